The van der Waals surface area contributed by atoms with E-state index in [0.717, 1.165) is 12.1 Å². The average molecular weight is 232 g/mol. The fourth-order valence-corrected chi connectivity index (χ4v) is 3.42. The minimum absolute atomic E-state index is 0.0623. The van der Waals surface area contributed by atoms with Gasteiger partial charge in [0.15, 0.2) is 0 Å². The Labute approximate surface area is 107 Å². The Kier molecular flexibility index (Phi) is 1.86. The lowest BCUT2D eigenvalue weighted by atomic mass is 9.73. The second kappa shape index (κ2) is 3.32. The van der Waals surface area contributed by atoms with E-state index in [-0.39, 0.29) is 5.41 Å². The van der Waals surface area contributed by atoms with E-state index in [1.165, 1.54) is 22.4 Å². The fraction of sp³-hybridized carbons (Fsp3) is 0.176. The van der Waals surface area contributed by atoms with E-state index in [9.17, 15) is 0 Å². The molecule has 4 rings (SSSR count). The van der Waals surface area contributed by atoms with E-state index in [0.29, 0.717) is 0 Å². The highest BCUT2D eigenvalue weighted by atomic mass is 14.8. The number of para-hydroxylation sites is 1. The molecule has 2 aliphatic rings. The van der Waals surface area contributed by atoms with Crippen LogP contribution in [0.5, 0.6) is 0 Å². The van der Waals surface area contributed by atoms with Crippen LogP contribution in [0.15, 0.2) is 53.5 Å². The van der Waals surface area contributed by atoms with Crippen molar-refractivity contribution in [1.82, 2.24) is 0 Å². The smallest absolute Gasteiger partial charge is 0.0674 e. The molecule has 0 bridgehead atoms. The fourth-order valence-electron chi connectivity index (χ4n) is 3.42. The van der Waals surface area contributed by atoms with Crippen molar-refractivity contribution in [3.05, 3.63) is 71.6 Å². The molecule has 0 amide bonds. The van der Waals surface area contributed by atoms with Gasteiger partial charge in [0.2, 0.25) is 0 Å². The Hall–Kier alpha value is -1.89. The molecule has 1 radical (unpaired) electrons. The Morgan fingerprint density at radius 3 is 2.56 bits per heavy atom. The first-order valence-corrected chi connectivity index (χ1v) is 6.40. The third-order valence-electron chi connectivity index (χ3n) is 4.26. The Morgan fingerprint density at radius 1 is 0.944 bits per heavy atom. The van der Waals surface area contributed by atoms with Crippen LogP contribution in [0.3, 0.4) is 0 Å². The molecule has 0 N–H and O–H groups in total. The molecule has 1 spiro atoms. The van der Waals surface area contributed by atoms with Gasteiger partial charge in [-0.15, -0.1) is 0 Å². The van der Waals surface area contributed by atoms with E-state index in [4.69, 9.17) is 4.99 Å². The number of aliphatic imine (C=N–C) groups is 1. The maximum atomic E-state index is 4.77. The van der Waals surface area contributed by atoms with Crippen molar-refractivity contribution in [3.8, 4) is 0 Å². The third kappa shape index (κ3) is 1.05. The molecule has 2 aromatic carbocycles. The van der Waals surface area contributed by atoms with Crippen LogP contribution in [-0.2, 0) is 11.8 Å². The van der Waals surface area contributed by atoms with Crippen molar-refractivity contribution in [2.45, 2.75) is 18.8 Å². The number of rotatable bonds is 0. The Morgan fingerprint density at radius 2 is 1.67 bits per heavy atom. The van der Waals surface area contributed by atoms with Crippen molar-refractivity contribution in [3.63, 3.8) is 0 Å². The standard InChI is InChI=1S/C17H14N/c1-12-17(15-8-4-5-9-16(15)18-12)11-10-13-6-2-3-7-14(13)17/h2-9,11H,10H2,1H3/t17-/m0/s1. The highest BCUT2D eigenvalue weighted by Gasteiger charge is 2.46. The highest BCUT2D eigenvalue weighted by molar-refractivity contribution is 6.05. The zero-order chi connectivity index (χ0) is 12.2. The third-order valence-corrected chi connectivity index (χ3v) is 4.26. The van der Waals surface area contributed by atoms with Crippen LogP contribution in [0.25, 0.3) is 0 Å². The zero-order valence-corrected chi connectivity index (χ0v) is 10.4. The molecule has 0 fully saturated rings. The number of hydrogen-bond donors (Lipinski definition) is 0. The summed E-state index contributed by atoms with van der Waals surface area (Å²) in [7, 11) is 0. The molecule has 1 atom stereocenters. The van der Waals surface area contributed by atoms with Gasteiger partial charge in [-0.2, -0.15) is 0 Å². The van der Waals surface area contributed by atoms with Gasteiger partial charge in [0.1, 0.15) is 0 Å². The predicted molar refractivity (Wildman–Crippen MR) is 74.4 cm³/mol. The lowest BCUT2D eigenvalue weighted by Crippen LogP contribution is -2.30. The molecule has 18 heavy (non-hydrogen) atoms. The Balaban J connectivity index is 2.05. The van der Waals surface area contributed by atoms with Gasteiger partial charge in [-0.3, -0.25) is 4.99 Å². The van der Waals surface area contributed by atoms with Crippen LogP contribution < -0.4 is 0 Å². The van der Waals surface area contributed by atoms with Crippen molar-refractivity contribution < 1.29 is 0 Å². The second-order valence-corrected chi connectivity index (χ2v) is 5.09. The van der Waals surface area contributed by atoms with E-state index < -0.39 is 0 Å². The van der Waals surface area contributed by atoms with Crippen LogP contribution in [0.2, 0.25) is 0 Å². The van der Waals surface area contributed by atoms with Gasteiger partial charge in [-0.25, -0.2) is 0 Å². The van der Waals surface area contributed by atoms with E-state index in [1.807, 2.05) is 0 Å². The van der Waals surface area contributed by atoms with Crippen LogP contribution in [-0.4, -0.2) is 5.71 Å². The van der Waals surface area contributed by atoms with Gasteiger partial charge in [0.25, 0.3) is 0 Å². The van der Waals surface area contributed by atoms with Gasteiger partial charge in [0.05, 0.1) is 11.1 Å². The van der Waals surface area contributed by atoms with Crippen LogP contribution >= 0.6 is 0 Å². The monoisotopic (exact) mass is 232 g/mol. The van der Waals surface area contributed by atoms with Gasteiger partial charge >= 0.3 is 0 Å². The van der Waals surface area contributed by atoms with Crippen molar-refractivity contribution >= 4 is 11.4 Å². The van der Waals surface area contributed by atoms with Crippen molar-refractivity contribution in [1.29, 1.82) is 0 Å². The lowest BCUT2D eigenvalue weighted by Gasteiger charge is -2.26. The molecule has 1 heterocycles. The molecule has 0 aromatic heterocycles. The van der Waals surface area contributed by atoms with Gasteiger partial charge in [0, 0.05) is 5.71 Å². The summed E-state index contributed by atoms with van der Waals surface area (Å²) < 4.78 is 0. The first-order chi connectivity index (χ1) is 8.82. The maximum Gasteiger partial charge on any atom is 0.0674 e. The molecule has 1 aliphatic carbocycles. The molecule has 1 heteroatoms. The molecule has 0 saturated heterocycles. The summed E-state index contributed by atoms with van der Waals surface area (Å²) in [6.45, 7) is 2.15. The normalized spacial score (nSPS) is 23.9. The van der Waals surface area contributed by atoms with E-state index in [2.05, 4.69) is 61.9 Å². The summed E-state index contributed by atoms with van der Waals surface area (Å²) in [6.07, 6.45) is 3.46. The Bertz CT molecular complexity index is 669. The molecular formula is C17H14N. The van der Waals surface area contributed by atoms with Crippen LogP contribution in [0.1, 0.15) is 23.6 Å². The van der Waals surface area contributed by atoms with Crippen LogP contribution in [0, 0.1) is 6.42 Å². The van der Waals surface area contributed by atoms with E-state index in [1.54, 1.807) is 0 Å². The summed E-state index contributed by atoms with van der Waals surface area (Å²) in [5.74, 6) is 0. The quantitative estimate of drug-likeness (QED) is 0.654. The largest absolute Gasteiger partial charge is 0.256 e. The summed E-state index contributed by atoms with van der Waals surface area (Å²) in [5.41, 5.74) is 6.46. The van der Waals surface area contributed by atoms with Crippen molar-refractivity contribution in [2.75, 3.05) is 0 Å². The topological polar surface area (TPSA) is 12.4 Å². The minimum atomic E-state index is -0.0623. The molecule has 87 valence electrons. The summed E-state index contributed by atoms with van der Waals surface area (Å²) >= 11 is 0. The SMILES string of the molecule is CC1=Nc2ccccc2[C@@]12[CH]Cc1ccccc12. The minimum Gasteiger partial charge on any atom is -0.256 e. The number of benzene rings is 2. The molecular weight excluding hydrogens is 218 g/mol. The molecule has 0 unspecified atom stereocenters. The maximum absolute atomic E-state index is 4.77. The highest BCUT2D eigenvalue weighted by Crippen LogP contribution is 2.51. The van der Waals surface area contributed by atoms with Gasteiger partial charge in [-0.1, -0.05) is 42.5 Å². The number of hydrogen-bond acceptors (Lipinski definition) is 1. The molecule has 1 nitrogen and oxygen atoms in total. The summed E-state index contributed by atoms with van der Waals surface area (Å²) in [4.78, 5) is 4.77. The molecule has 0 saturated carbocycles. The first-order valence-electron chi connectivity index (χ1n) is 6.40. The zero-order valence-electron chi connectivity index (χ0n) is 10.4. The first kappa shape index (κ1) is 10.1. The van der Waals surface area contributed by atoms with Gasteiger partial charge < -0.3 is 0 Å². The second-order valence-electron chi connectivity index (χ2n) is 5.09. The molecule has 1 aliphatic heterocycles. The van der Waals surface area contributed by atoms with Gasteiger partial charge in [-0.05, 0) is 42.5 Å². The van der Waals surface area contributed by atoms with E-state index >= 15 is 0 Å². The lowest BCUT2D eigenvalue weighted by molar-refractivity contribution is 0.843. The van der Waals surface area contributed by atoms with Crippen molar-refractivity contribution in [2.24, 2.45) is 4.99 Å². The summed E-state index contributed by atoms with van der Waals surface area (Å²) in [5, 5.41) is 0. The number of fused-ring (bicyclic) bond motifs is 4. The summed E-state index contributed by atoms with van der Waals surface area (Å²) in [6, 6.07) is 17.2. The average Bonchev–Trinajstić information content (AvgIpc) is 2.92. The molecule has 2 aromatic rings. The van der Waals surface area contributed by atoms with Crippen LogP contribution in [0.4, 0.5) is 5.69 Å². The predicted octanol–water partition coefficient (Wildman–Crippen LogP) is 3.84. The number of nitrogens with zero attached hydrogens (tertiary/aromatic N) is 1.